The highest BCUT2D eigenvalue weighted by Gasteiger charge is 2.44. The molecule has 2 rings (SSSR count). The van der Waals surface area contributed by atoms with Crippen molar-refractivity contribution in [2.45, 2.75) is 52.4 Å². The molecule has 29 heavy (non-hydrogen) atoms. The Morgan fingerprint density at radius 2 is 1.90 bits per heavy atom. The van der Waals surface area contributed by atoms with Gasteiger partial charge >= 0.3 is 17.9 Å². The number of rotatable bonds is 4. The van der Waals surface area contributed by atoms with Crippen molar-refractivity contribution >= 4 is 23.7 Å². The standard InChI is InChI=1S/C21H24O8/c1-10(2)20(25)28-16-7-11(3)6-14(23)8-12(4)18(24)19-17(16)15(21(26)29-19)9-27-13(5)22/h6,8,16,18-19,24H,1,7,9H2,2-5H3/b11-6-,12-8+/t16-,18+,19+/m0/s1. The van der Waals surface area contributed by atoms with Crippen LogP contribution in [0.5, 0.6) is 0 Å². The van der Waals surface area contributed by atoms with Gasteiger partial charge in [-0.25, -0.2) is 9.59 Å². The lowest BCUT2D eigenvalue weighted by Crippen LogP contribution is -2.36. The third kappa shape index (κ3) is 5.29. The molecule has 2 aliphatic rings. The molecule has 156 valence electrons. The molecule has 0 amide bonds. The predicted molar refractivity (Wildman–Crippen MR) is 101 cm³/mol. The summed E-state index contributed by atoms with van der Waals surface area (Å²) >= 11 is 0. The molecule has 0 aromatic rings. The second kappa shape index (κ2) is 9.00. The van der Waals surface area contributed by atoms with Crippen LogP contribution in [0.2, 0.25) is 0 Å². The number of fused-ring (bicyclic) bond motifs is 1. The molecule has 0 spiro atoms. The molecular weight excluding hydrogens is 380 g/mol. The zero-order chi connectivity index (χ0) is 21.9. The van der Waals surface area contributed by atoms with Crippen LogP contribution < -0.4 is 0 Å². The van der Waals surface area contributed by atoms with E-state index in [1.54, 1.807) is 6.92 Å². The molecule has 8 nitrogen and oxygen atoms in total. The van der Waals surface area contributed by atoms with E-state index in [0.29, 0.717) is 5.57 Å². The van der Waals surface area contributed by atoms with Gasteiger partial charge in [0, 0.05) is 24.5 Å². The van der Waals surface area contributed by atoms with Gasteiger partial charge in [-0.05, 0) is 38.5 Å². The number of ketones is 1. The van der Waals surface area contributed by atoms with E-state index in [1.807, 2.05) is 0 Å². The van der Waals surface area contributed by atoms with Crippen molar-refractivity contribution in [3.63, 3.8) is 0 Å². The summed E-state index contributed by atoms with van der Waals surface area (Å²) in [5.74, 6) is -2.45. The maximum atomic E-state index is 12.5. The molecule has 3 atom stereocenters. The Morgan fingerprint density at radius 1 is 1.24 bits per heavy atom. The summed E-state index contributed by atoms with van der Waals surface area (Å²) in [5.41, 5.74) is 1.20. The first kappa shape index (κ1) is 22.3. The highest BCUT2D eigenvalue weighted by molar-refractivity contribution is 6.00. The Morgan fingerprint density at radius 3 is 2.48 bits per heavy atom. The van der Waals surface area contributed by atoms with Crippen molar-refractivity contribution in [3.05, 3.63) is 46.6 Å². The molecule has 8 heteroatoms. The molecule has 0 saturated heterocycles. The van der Waals surface area contributed by atoms with Crippen LogP contribution in [0, 0.1) is 0 Å². The van der Waals surface area contributed by atoms with E-state index in [2.05, 4.69) is 6.58 Å². The van der Waals surface area contributed by atoms with Gasteiger partial charge in [0.2, 0.25) is 0 Å². The summed E-state index contributed by atoms with van der Waals surface area (Å²) in [5, 5.41) is 10.7. The molecule has 1 aliphatic carbocycles. The number of esters is 3. The number of aliphatic hydroxyl groups is 1. The normalized spacial score (nSPS) is 28.4. The Balaban J connectivity index is 2.62. The van der Waals surface area contributed by atoms with Gasteiger partial charge in [-0.3, -0.25) is 9.59 Å². The lowest BCUT2D eigenvalue weighted by atomic mass is 9.88. The average Bonchev–Trinajstić information content (AvgIpc) is 2.93. The molecule has 1 aliphatic heterocycles. The second-order valence-corrected chi connectivity index (χ2v) is 7.14. The van der Waals surface area contributed by atoms with Gasteiger partial charge in [0.05, 0.1) is 5.57 Å². The van der Waals surface area contributed by atoms with Crippen LogP contribution in [-0.2, 0) is 33.4 Å². The first-order chi connectivity index (χ1) is 13.5. The van der Waals surface area contributed by atoms with E-state index < -0.39 is 42.8 Å². The number of carbonyl (C=O) groups is 4. The molecular formula is C21H24O8. The summed E-state index contributed by atoms with van der Waals surface area (Å²) in [6, 6.07) is 0. The number of aliphatic hydroxyl groups excluding tert-OH is 1. The number of carbonyl (C=O) groups excluding carboxylic acids is 4. The fourth-order valence-corrected chi connectivity index (χ4v) is 3.10. The van der Waals surface area contributed by atoms with E-state index in [9.17, 15) is 24.3 Å². The third-order valence-corrected chi connectivity index (χ3v) is 4.52. The molecule has 0 radical (unpaired) electrons. The summed E-state index contributed by atoms with van der Waals surface area (Å²) in [6.07, 6.45) is -0.857. The van der Waals surface area contributed by atoms with Gasteiger partial charge in [-0.2, -0.15) is 0 Å². The summed E-state index contributed by atoms with van der Waals surface area (Å²) in [4.78, 5) is 48.1. The van der Waals surface area contributed by atoms with Gasteiger partial charge in [-0.1, -0.05) is 12.2 Å². The molecule has 0 aromatic heterocycles. The number of hydrogen-bond acceptors (Lipinski definition) is 8. The van der Waals surface area contributed by atoms with Crippen molar-refractivity contribution in [1.29, 1.82) is 0 Å². The lowest BCUT2D eigenvalue weighted by molar-refractivity contribution is -0.145. The maximum Gasteiger partial charge on any atom is 0.338 e. The molecule has 1 N–H and O–H groups in total. The smallest absolute Gasteiger partial charge is 0.338 e. The van der Waals surface area contributed by atoms with Crippen molar-refractivity contribution in [2.24, 2.45) is 0 Å². The van der Waals surface area contributed by atoms with Crippen molar-refractivity contribution in [1.82, 2.24) is 0 Å². The van der Waals surface area contributed by atoms with Crippen LogP contribution in [0.4, 0.5) is 0 Å². The van der Waals surface area contributed by atoms with Crippen LogP contribution in [-0.4, -0.2) is 53.7 Å². The SMILES string of the molecule is C=C(C)C(=O)O[C@H]1C/C(C)=C\C(=O)/C=C(\C)[C@@H](O)[C@@H]2OC(=O)C(COC(C)=O)=C12. The highest BCUT2D eigenvalue weighted by Crippen LogP contribution is 2.35. The average molecular weight is 404 g/mol. The highest BCUT2D eigenvalue weighted by atomic mass is 16.6. The number of ether oxygens (including phenoxy) is 3. The van der Waals surface area contributed by atoms with Crippen molar-refractivity contribution in [3.8, 4) is 0 Å². The van der Waals surface area contributed by atoms with E-state index in [-0.39, 0.29) is 34.5 Å². The lowest BCUT2D eigenvalue weighted by Gasteiger charge is -2.28. The Labute approximate surface area is 168 Å². The van der Waals surface area contributed by atoms with Crippen LogP contribution in [0.15, 0.2) is 46.6 Å². The molecule has 1 heterocycles. The number of hydrogen-bond donors (Lipinski definition) is 1. The first-order valence-electron chi connectivity index (χ1n) is 9.02. The summed E-state index contributed by atoms with van der Waals surface area (Å²) in [6.45, 7) is 9.02. The van der Waals surface area contributed by atoms with E-state index in [4.69, 9.17) is 14.2 Å². The maximum absolute atomic E-state index is 12.5. The van der Waals surface area contributed by atoms with Crippen LogP contribution in [0.3, 0.4) is 0 Å². The van der Waals surface area contributed by atoms with Crippen molar-refractivity contribution < 1.29 is 38.5 Å². The minimum Gasteiger partial charge on any atom is -0.461 e. The van der Waals surface area contributed by atoms with Crippen molar-refractivity contribution in [2.75, 3.05) is 6.61 Å². The van der Waals surface area contributed by atoms with Crippen LogP contribution in [0.1, 0.15) is 34.1 Å². The largest absolute Gasteiger partial charge is 0.461 e. The minimum absolute atomic E-state index is 0.00346. The quantitative estimate of drug-likeness (QED) is 0.426. The second-order valence-electron chi connectivity index (χ2n) is 7.14. The Kier molecular flexibility index (Phi) is 6.92. The van der Waals surface area contributed by atoms with Gasteiger partial charge in [-0.15, -0.1) is 0 Å². The van der Waals surface area contributed by atoms with Crippen LogP contribution in [0.25, 0.3) is 0 Å². The third-order valence-electron chi connectivity index (χ3n) is 4.52. The fourth-order valence-electron chi connectivity index (χ4n) is 3.10. The van der Waals surface area contributed by atoms with Gasteiger partial charge in [0.25, 0.3) is 0 Å². The van der Waals surface area contributed by atoms with Gasteiger partial charge < -0.3 is 19.3 Å². The van der Waals surface area contributed by atoms with E-state index in [0.717, 1.165) is 0 Å². The Hall–Kier alpha value is -3.00. The topological polar surface area (TPSA) is 116 Å². The van der Waals surface area contributed by atoms with E-state index in [1.165, 1.54) is 32.9 Å². The Bertz CT molecular complexity index is 858. The molecule has 0 aromatic carbocycles. The monoisotopic (exact) mass is 404 g/mol. The summed E-state index contributed by atoms with van der Waals surface area (Å²) < 4.78 is 15.8. The zero-order valence-electron chi connectivity index (χ0n) is 16.8. The number of allylic oxidation sites excluding steroid dienone is 2. The predicted octanol–water partition coefficient (Wildman–Crippen LogP) is 1.49. The minimum atomic E-state index is -1.34. The van der Waals surface area contributed by atoms with E-state index >= 15 is 0 Å². The molecule has 0 fully saturated rings. The van der Waals surface area contributed by atoms with Gasteiger partial charge in [0.15, 0.2) is 11.9 Å². The van der Waals surface area contributed by atoms with Gasteiger partial charge in [0.1, 0.15) is 18.8 Å². The molecule has 0 saturated carbocycles. The molecule has 0 unspecified atom stereocenters. The first-order valence-corrected chi connectivity index (χ1v) is 9.02. The fraction of sp³-hybridized carbons (Fsp3) is 0.429. The molecule has 0 bridgehead atoms. The summed E-state index contributed by atoms with van der Waals surface area (Å²) in [7, 11) is 0. The zero-order valence-corrected chi connectivity index (χ0v) is 16.8. The van der Waals surface area contributed by atoms with Crippen LogP contribution >= 0.6 is 0 Å².